The Morgan fingerprint density at radius 3 is 2.67 bits per heavy atom. The van der Waals surface area contributed by atoms with E-state index in [9.17, 15) is 24.1 Å². The summed E-state index contributed by atoms with van der Waals surface area (Å²) in [6.45, 7) is 0. The van der Waals surface area contributed by atoms with Crippen molar-refractivity contribution >= 4 is 17.6 Å². The lowest BCUT2D eigenvalue weighted by Crippen LogP contribution is -2.33. The molecule has 1 amide bonds. The predicted octanol–water partition coefficient (Wildman–Crippen LogP) is 1.72. The molecule has 0 radical (unpaired) electrons. The Labute approximate surface area is 118 Å². The molecular formula is C13H13FN2O5. The Bertz CT molecular complexity index is 604. The van der Waals surface area contributed by atoms with Crippen LogP contribution < -0.4 is 5.32 Å². The molecule has 1 aromatic carbocycles. The highest BCUT2D eigenvalue weighted by Crippen LogP contribution is 2.27. The summed E-state index contributed by atoms with van der Waals surface area (Å²) in [7, 11) is 0. The third-order valence-electron chi connectivity index (χ3n) is 3.52. The van der Waals surface area contributed by atoms with Gasteiger partial charge in [-0.1, -0.05) is 0 Å². The fourth-order valence-electron chi connectivity index (χ4n) is 2.45. The van der Waals surface area contributed by atoms with Crippen LogP contribution in [0.3, 0.4) is 0 Å². The number of rotatable bonds is 4. The number of carbonyl (C=O) groups is 2. The van der Waals surface area contributed by atoms with Gasteiger partial charge in [0.25, 0.3) is 11.6 Å². The van der Waals surface area contributed by atoms with Gasteiger partial charge in [-0.25, -0.2) is 4.39 Å². The number of benzene rings is 1. The van der Waals surface area contributed by atoms with E-state index in [-0.39, 0.29) is 18.0 Å². The number of carboxylic acids is 1. The molecule has 0 spiro atoms. The number of nitro groups is 1. The first-order chi connectivity index (χ1) is 9.88. The van der Waals surface area contributed by atoms with Crippen LogP contribution >= 0.6 is 0 Å². The normalized spacial score (nSPS) is 21.0. The quantitative estimate of drug-likeness (QED) is 0.649. The Morgan fingerprint density at radius 2 is 2.10 bits per heavy atom. The summed E-state index contributed by atoms with van der Waals surface area (Å²) in [5.74, 6) is -2.93. The molecule has 2 N–H and O–H groups in total. The first-order valence-corrected chi connectivity index (χ1v) is 6.36. The standard InChI is InChI=1S/C13H13FN2O5/c14-8-2-4-10(11(6-8)16(20)21)12(17)15-9-3-1-7(5-9)13(18)19/h2,4,6-7,9H,1,3,5H2,(H,15,17)(H,18,19). The molecule has 0 saturated heterocycles. The van der Waals surface area contributed by atoms with E-state index >= 15 is 0 Å². The first-order valence-electron chi connectivity index (χ1n) is 6.36. The number of nitrogens with one attached hydrogen (secondary N) is 1. The maximum absolute atomic E-state index is 13.0. The summed E-state index contributed by atoms with van der Waals surface area (Å²) in [6.07, 6.45) is 1.24. The van der Waals surface area contributed by atoms with Crippen LogP contribution in [0.15, 0.2) is 18.2 Å². The van der Waals surface area contributed by atoms with Crippen molar-refractivity contribution in [2.75, 3.05) is 0 Å². The van der Waals surface area contributed by atoms with Gasteiger partial charge in [0.2, 0.25) is 0 Å². The van der Waals surface area contributed by atoms with Crippen molar-refractivity contribution in [2.24, 2.45) is 5.92 Å². The highest BCUT2D eigenvalue weighted by Gasteiger charge is 2.31. The average Bonchev–Trinajstić information content (AvgIpc) is 2.87. The van der Waals surface area contributed by atoms with E-state index in [1.807, 2.05) is 0 Å². The topological polar surface area (TPSA) is 110 Å². The molecule has 2 unspecified atom stereocenters. The zero-order valence-electron chi connectivity index (χ0n) is 10.9. The number of halogens is 1. The van der Waals surface area contributed by atoms with E-state index < -0.39 is 34.2 Å². The van der Waals surface area contributed by atoms with Gasteiger partial charge in [0.05, 0.1) is 16.9 Å². The number of hydrogen-bond acceptors (Lipinski definition) is 4. The fourth-order valence-corrected chi connectivity index (χ4v) is 2.45. The van der Waals surface area contributed by atoms with Crippen LogP contribution in [0.25, 0.3) is 0 Å². The number of nitro benzene ring substituents is 1. The van der Waals surface area contributed by atoms with E-state index in [2.05, 4.69) is 5.32 Å². The summed E-state index contributed by atoms with van der Waals surface area (Å²) < 4.78 is 13.0. The smallest absolute Gasteiger partial charge is 0.306 e. The predicted molar refractivity (Wildman–Crippen MR) is 69.3 cm³/mol. The van der Waals surface area contributed by atoms with Gasteiger partial charge in [0, 0.05) is 6.04 Å². The second kappa shape index (κ2) is 5.86. The van der Waals surface area contributed by atoms with E-state index in [4.69, 9.17) is 5.11 Å². The second-order valence-corrected chi connectivity index (χ2v) is 4.94. The molecular weight excluding hydrogens is 283 g/mol. The molecule has 1 aromatic rings. The lowest BCUT2D eigenvalue weighted by Gasteiger charge is -2.12. The molecule has 8 heteroatoms. The minimum atomic E-state index is -0.917. The minimum absolute atomic E-state index is 0.236. The molecule has 1 saturated carbocycles. The van der Waals surface area contributed by atoms with Crippen molar-refractivity contribution in [2.45, 2.75) is 25.3 Å². The molecule has 1 aliphatic rings. The number of carboxylic acid groups (broad SMARTS) is 1. The van der Waals surface area contributed by atoms with Gasteiger partial charge in [-0.15, -0.1) is 0 Å². The van der Waals surface area contributed by atoms with Crippen molar-refractivity contribution in [3.8, 4) is 0 Å². The molecule has 7 nitrogen and oxygen atoms in total. The zero-order chi connectivity index (χ0) is 15.6. The maximum Gasteiger partial charge on any atom is 0.306 e. The van der Waals surface area contributed by atoms with E-state index in [1.54, 1.807) is 0 Å². The first kappa shape index (κ1) is 14.9. The van der Waals surface area contributed by atoms with Gasteiger partial charge in [-0.05, 0) is 31.4 Å². The van der Waals surface area contributed by atoms with Crippen LogP contribution in [0, 0.1) is 21.8 Å². The van der Waals surface area contributed by atoms with Crippen molar-refractivity contribution in [1.82, 2.24) is 5.32 Å². The van der Waals surface area contributed by atoms with Crippen LogP contribution in [0.2, 0.25) is 0 Å². The molecule has 112 valence electrons. The van der Waals surface area contributed by atoms with Crippen molar-refractivity contribution in [3.05, 3.63) is 39.7 Å². The number of hydrogen-bond donors (Lipinski definition) is 2. The lowest BCUT2D eigenvalue weighted by molar-refractivity contribution is -0.385. The molecule has 1 fully saturated rings. The van der Waals surface area contributed by atoms with E-state index in [0.717, 1.165) is 12.1 Å². The van der Waals surface area contributed by atoms with Crippen molar-refractivity contribution in [1.29, 1.82) is 0 Å². The highest BCUT2D eigenvalue weighted by molar-refractivity contribution is 5.98. The summed E-state index contributed by atoms with van der Waals surface area (Å²) in [5.41, 5.74) is -0.847. The maximum atomic E-state index is 13.0. The summed E-state index contributed by atoms with van der Waals surface area (Å²) in [6, 6.07) is 2.36. The van der Waals surface area contributed by atoms with Crippen molar-refractivity contribution < 1.29 is 24.0 Å². The minimum Gasteiger partial charge on any atom is -0.481 e. The number of aliphatic carboxylic acids is 1. The molecule has 0 aliphatic heterocycles. The van der Waals surface area contributed by atoms with Gasteiger partial charge in [-0.3, -0.25) is 19.7 Å². The van der Waals surface area contributed by atoms with E-state index in [1.165, 1.54) is 0 Å². The third kappa shape index (κ3) is 3.33. The highest BCUT2D eigenvalue weighted by atomic mass is 19.1. The second-order valence-electron chi connectivity index (χ2n) is 4.94. The van der Waals surface area contributed by atoms with Crippen molar-refractivity contribution in [3.63, 3.8) is 0 Å². The summed E-state index contributed by atoms with van der Waals surface area (Å²) >= 11 is 0. The van der Waals surface area contributed by atoms with Crippen LogP contribution in [0.1, 0.15) is 29.6 Å². The van der Waals surface area contributed by atoms with Gasteiger partial charge in [0.15, 0.2) is 0 Å². The van der Waals surface area contributed by atoms with Crippen LogP contribution in [-0.4, -0.2) is 27.9 Å². The third-order valence-corrected chi connectivity index (χ3v) is 3.52. The zero-order valence-corrected chi connectivity index (χ0v) is 10.9. The van der Waals surface area contributed by atoms with Crippen LogP contribution in [-0.2, 0) is 4.79 Å². The number of nitrogens with zero attached hydrogens (tertiary/aromatic N) is 1. The van der Waals surface area contributed by atoms with Gasteiger partial charge in [-0.2, -0.15) is 0 Å². The van der Waals surface area contributed by atoms with Crippen LogP contribution in [0.5, 0.6) is 0 Å². The molecule has 21 heavy (non-hydrogen) atoms. The molecule has 2 atom stereocenters. The summed E-state index contributed by atoms with van der Waals surface area (Å²) in [4.78, 5) is 32.9. The SMILES string of the molecule is O=C(NC1CCC(C(=O)O)C1)c1ccc(F)cc1[N+](=O)[O-]. The average molecular weight is 296 g/mol. The summed E-state index contributed by atoms with van der Waals surface area (Å²) in [5, 5.41) is 22.3. The Hall–Kier alpha value is -2.51. The molecule has 1 aliphatic carbocycles. The lowest BCUT2D eigenvalue weighted by atomic mass is 10.1. The molecule has 2 rings (SSSR count). The molecule has 0 bridgehead atoms. The molecule has 0 aromatic heterocycles. The number of amides is 1. The van der Waals surface area contributed by atoms with Gasteiger partial charge >= 0.3 is 5.97 Å². The molecule has 0 heterocycles. The van der Waals surface area contributed by atoms with Gasteiger partial charge in [0.1, 0.15) is 11.4 Å². The number of carbonyl (C=O) groups excluding carboxylic acids is 1. The van der Waals surface area contributed by atoms with Crippen LogP contribution in [0.4, 0.5) is 10.1 Å². The monoisotopic (exact) mass is 296 g/mol. The Morgan fingerprint density at radius 1 is 1.38 bits per heavy atom. The van der Waals surface area contributed by atoms with Gasteiger partial charge < -0.3 is 10.4 Å². The Kier molecular flexibility index (Phi) is 4.15. The largest absolute Gasteiger partial charge is 0.481 e. The fraction of sp³-hybridized carbons (Fsp3) is 0.385. The van der Waals surface area contributed by atoms with E-state index in [0.29, 0.717) is 18.9 Å². The Balaban J connectivity index is 2.11.